The maximum absolute atomic E-state index is 12.1. The van der Waals surface area contributed by atoms with E-state index in [4.69, 9.17) is 14.2 Å². The van der Waals surface area contributed by atoms with E-state index in [-0.39, 0.29) is 5.91 Å². The average molecular weight is 390 g/mol. The second-order valence-electron chi connectivity index (χ2n) is 6.05. The fourth-order valence-corrected chi connectivity index (χ4v) is 3.39. The minimum Gasteiger partial charge on any atom is -0.493 e. The number of hydrogen-bond acceptors (Lipinski definition) is 5. The lowest BCUT2D eigenvalue weighted by Gasteiger charge is -2.14. The van der Waals surface area contributed by atoms with Crippen LogP contribution in [0.5, 0.6) is 17.2 Å². The Morgan fingerprint density at radius 2 is 1.63 bits per heavy atom. The zero-order chi connectivity index (χ0) is 19.6. The van der Waals surface area contributed by atoms with Crippen LogP contribution < -0.4 is 19.5 Å². The zero-order valence-electron chi connectivity index (χ0n) is 16.3. The summed E-state index contributed by atoms with van der Waals surface area (Å²) < 4.78 is 16.0. The van der Waals surface area contributed by atoms with Crippen LogP contribution in [0, 0.1) is 6.92 Å². The van der Waals surface area contributed by atoms with Crippen LogP contribution in [0.1, 0.15) is 17.5 Å². The monoisotopic (exact) mass is 389 g/mol. The summed E-state index contributed by atoms with van der Waals surface area (Å²) in [5.41, 5.74) is 2.22. The molecular formula is C21H27NO4S. The van der Waals surface area contributed by atoms with Crippen molar-refractivity contribution in [2.24, 2.45) is 0 Å². The Labute approximate surface area is 165 Å². The highest BCUT2D eigenvalue weighted by atomic mass is 32.2. The smallest absolute Gasteiger partial charge is 0.220 e. The van der Waals surface area contributed by atoms with Gasteiger partial charge in [0.25, 0.3) is 0 Å². The van der Waals surface area contributed by atoms with E-state index in [1.54, 1.807) is 33.1 Å². The van der Waals surface area contributed by atoms with Crippen LogP contribution in [0.3, 0.4) is 0 Å². The predicted molar refractivity (Wildman–Crippen MR) is 109 cm³/mol. The summed E-state index contributed by atoms with van der Waals surface area (Å²) in [4.78, 5) is 13.3. The summed E-state index contributed by atoms with van der Waals surface area (Å²) in [6.45, 7) is 2.72. The molecule has 0 fully saturated rings. The molecule has 2 aromatic carbocycles. The molecule has 0 aliphatic rings. The lowest BCUT2D eigenvalue weighted by molar-refractivity contribution is -0.120. The fraction of sp³-hybridized carbons (Fsp3) is 0.381. The molecule has 0 saturated heterocycles. The summed E-state index contributed by atoms with van der Waals surface area (Å²) in [7, 11) is 4.74. The van der Waals surface area contributed by atoms with Crippen molar-refractivity contribution in [3.63, 3.8) is 0 Å². The highest BCUT2D eigenvalue weighted by molar-refractivity contribution is 7.99. The predicted octanol–water partition coefficient (Wildman–Crippen LogP) is 3.86. The van der Waals surface area contributed by atoms with Gasteiger partial charge in [-0.05, 0) is 43.2 Å². The summed E-state index contributed by atoms with van der Waals surface area (Å²) in [6, 6.07) is 12.2. The van der Waals surface area contributed by atoms with Crippen molar-refractivity contribution < 1.29 is 19.0 Å². The first-order valence-corrected chi connectivity index (χ1v) is 9.81. The number of nitrogens with one attached hydrogen (secondary N) is 1. The standard InChI is InChI=1S/C21H27NO4S/c1-15-5-8-17(9-6-15)27-12-11-22-20(23)10-7-16-13-18(24-2)21(26-4)19(14-16)25-3/h5-6,8-9,13-14H,7,10-12H2,1-4H3,(H,22,23). The Morgan fingerprint density at radius 1 is 1.00 bits per heavy atom. The molecule has 2 rings (SSSR count). The van der Waals surface area contributed by atoms with Crippen LogP contribution in [0.4, 0.5) is 0 Å². The Hall–Kier alpha value is -2.34. The highest BCUT2D eigenvalue weighted by Crippen LogP contribution is 2.38. The molecule has 1 amide bonds. The van der Waals surface area contributed by atoms with E-state index in [1.165, 1.54) is 10.5 Å². The van der Waals surface area contributed by atoms with E-state index in [1.807, 2.05) is 12.1 Å². The van der Waals surface area contributed by atoms with Crippen molar-refractivity contribution in [3.05, 3.63) is 47.5 Å². The first-order valence-electron chi connectivity index (χ1n) is 8.82. The molecule has 0 radical (unpaired) electrons. The number of methoxy groups -OCH3 is 3. The Balaban J connectivity index is 1.78. The molecule has 5 nitrogen and oxygen atoms in total. The average Bonchev–Trinajstić information content (AvgIpc) is 2.70. The first kappa shape index (κ1) is 21.0. The number of thioether (sulfide) groups is 1. The second kappa shape index (κ2) is 10.7. The van der Waals surface area contributed by atoms with E-state index in [0.29, 0.717) is 36.6 Å². The molecule has 27 heavy (non-hydrogen) atoms. The third kappa shape index (κ3) is 6.40. The quantitative estimate of drug-likeness (QED) is 0.494. The Kier molecular flexibility index (Phi) is 8.33. The number of ether oxygens (including phenoxy) is 3. The fourth-order valence-electron chi connectivity index (χ4n) is 2.62. The van der Waals surface area contributed by atoms with Gasteiger partial charge in [0.1, 0.15) is 0 Å². The van der Waals surface area contributed by atoms with Crippen molar-refractivity contribution in [2.75, 3.05) is 33.6 Å². The number of hydrogen-bond donors (Lipinski definition) is 1. The van der Waals surface area contributed by atoms with Crippen LogP contribution in [0.25, 0.3) is 0 Å². The third-order valence-electron chi connectivity index (χ3n) is 4.08. The highest BCUT2D eigenvalue weighted by Gasteiger charge is 2.13. The molecule has 0 atom stereocenters. The van der Waals surface area contributed by atoms with E-state index in [0.717, 1.165) is 11.3 Å². The maximum Gasteiger partial charge on any atom is 0.220 e. The number of rotatable bonds is 10. The van der Waals surface area contributed by atoms with Crippen molar-refractivity contribution in [1.29, 1.82) is 0 Å². The van der Waals surface area contributed by atoms with E-state index >= 15 is 0 Å². The second-order valence-corrected chi connectivity index (χ2v) is 7.21. The summed E-state index contributed by atoms with van der Waals surface area (Å²) in [5, 5.41) is 2.97. The molecule has 0 aliphatic heterocycles. The molecule has 0 aliphatic carbocycles. The molecule has 0 bridgehead atoms. The van der Waals surface area contributed by atoms with E-state index in [2.05, 4.69) is 36.5 Å². The minimum absolute atomic E-state index is 0.0354. The van der Waals surface area contributed by atoms with Gasteiger partial charge in [-0.3, -0.25) is 4.79 Å². The van der Waals surface area contributed by atoms with Crippen LogP contribution in [-0.2, 0) is 11.2 Å². The van der Waals surface area contributed by atoms with E-state index in [9.17, 15) is 4.79 Å². The van der Waals surface area contributed by atoms with Gasteiger partial charge in [0.15, 0.2) is 11.5 Å². The van der Waals surface area contributed by atoms with Gasteiger partial charge in [0, 0.05) is 23.6 Å². The zero-order valence-corrected chi connectivity index (χ0v) is 17.2. The number of carbonyl (C=O) groups is 1. The van der Waals surface area contributed by atoms with Gasteiger partial charge < -0.3 is 19.5 Å². The molecule has 1 N–H and O–H groups in total. The van der Waals surface area contributed by atoms with E-state index < -0.39 is 0 Å². The van der Waals surface area contributed by atoms with Gasteiger partial charge in [-0.1, -0.05) is 17.7 Å². The molecule has 0 unspecified atom stereocenters. The summed E-state index contributed by atoms with van der Waals surface area (Å²) in [6.07, 6.45) is 1.02. The SMILES string of the molecule is COc1cc(CCC(=O)NCCSc2ccc(C)cc2)cc(OC)c1OC. The van der Waals surface area contributed by atoms with Crippen LogP contribution in [0.2, 0.25) is 0 Å². The van der Waals surface area contributed by atoms with Crippen molar-refractivity contribution in [2.45, 2.75) is 24.7 Å². The number of aryl methyl sites for hydroxylation is 2. The summed E-state index contributed by atoms with van der Waals surface area (Å²) in [5.74, 6) is 2.64. The third-order valence-corrected chi connectivity index (χ3v) is 5.09. The normalized spacial score (nSPS) is 10.4. The minimum atomic E-state index is 0.0354. The van der Waals surface area contributed by atoms with Crippen molar-refractivity contribution in [1.82, 2.24) is 5.32 Å². The largest absolute Gasteiger partial charge is 0.493 e. The van der Waals surface area contributed by atoms with Crippen molar-refractivity contribution in [3.8, 4) is 17.2 Å². The number of amides is 1. The van der Waals surface area contributed by atoms with Gasteiger partial charge in [0.2, 0.25) is 11.7 Å². The van der Waals surface area contributed by atoms with Crippen LogP contribution >= 0.6 is 11.8 Å². The summed E-state index contributed by atoms with van der Waals surface area (Å²) >= 11 is 1.74. The number of benzene rings is 2. The molecule has 0 saturated carbocycles. The number of carbonyl (C=O) groups excluding carboxylic acids is 1. The lowest BCUT2D eigenvalue weighted by atomic mass is 10.1. The lowest BCUT2D eigenvalue weighted by Crippen LogP contribution is -2.25. The molecule has 0 spiro atoms. The van der Waals surface area contributed by atoms with Crippen LogP contribution in [0.15, 0.2) is 41.3 Å². The Bertz CT molecular complexity index is 721. The molecule has 6 heteroatoms. The first-order chi connectivity index (χ1) is 13.1. The van der Waals surface area contributed by atoms with Crippen LogP contribution in [-0.4, -0.2) is 39.5 Å². The molecular weight excluding hydrogens is 362 g/mol. The topological polar surface area (TPSA) is 56.8 Å². The van der Waals surface area contributed by atoms with Gasteiger partial charge in [-0.15, -0.1) is 11.8 Å². The molecule has 0 heterocycles. The van der Waals surface area contributed by atoms with Gasteiger partial charge in [-0.2, -0.15) is 0 Å². The van der Waals surface area contributed by atoms with Gasteiger partial charge in [0.05, 0.1) is 21.3 Å². The van der Waals surface area contributed by atoms with Crippen molar-refractivity contribution >= 4 is 17.7 Å². The molecule has 146 valence electrons. The van der Waals surface area contributed by atoms with Gasteiger partial charge in [-0.25, -0.2) is 0 Å². The maximum atomic E-state index is 12.1. The molecule has 0 aromatic heterocycles. The Morgan fingerprint density at radius 3 is 2.19 bits per heavy atom. The van der Waals surface area contributed by atoms with Gasteiger partial charge >= 0.3 is 0 Å². The molecule has 2 aromatic rings.